The maximum absolute atomic E-state index is 12.3. The van der Waals surface area contributed by atoms with Gasteiger partial charge < -0.3 is 5.32 Å². The number of anilines is 1. The monoisotopic (exact) mass is 339 g/mol. The normalized spacial score (nSPS) is 16.3. The van der Waals surface area contributed by atoms with E-state index in [-0.39, 0.29) is 24.2 Å². The number of non-ortho nitro benzene ring substituents is 1. The molecule has 3 rings (SSSR count). The summed E-state index contributed by atoms with van der Waals surface area (Å²) in [5, 5.41) is 13.5. The van der Waals surface area contributed by atoms with Crippen molar-refractivity contribution in [3.8, 4) is 0 Å². The van der Waals surface area contributed by atoms with Crippen LogP contribution in [-0.4, -0.2) is 29.3 Å². The van der Waals surface area contributed by atoms with Crippen molar-refractivity contribution in [2.75, 3.05) is 18.9 Å². The first kappa shape index (κ1) is 17.1. The minimum atomic E-state index is -0.458. The van der Waals surface area contributed by atoms with E-state index < -0.39 is 4.92 Å². The molecule has 1 aliphatic carbocycles. The molecule has 0 spiro atoms. The number of nitrogens with one attached hydrogen (secondary N) is 1. The Morgan fingerprint density at radius 1 is 1.24 bits per heavy atom. The second-order valence-corrected chi connectivity index (χ2v) is 6.37. The number of rotatable bonds is 5. The summed E-state index contributed by atoms with van der Waals surface area (Å²) in [5.74, 6) is -0.126. The molecule has 6 heteroatoms. The van der Waals surface area contributed by atoms with Crippen LogP contribution in [0.15, 0.2) is 48.5 Å². The Morgan fingerprint density at radius 2 is 1.96 bits per heavy atom. The molecule has 0 saturated heterocycles. The summed E-state index contributed by atoms with van der Waals surface area (Å²) in [6.45, 7) is 0.274. The molecule has 0 unspecified atom stereocenters. The molecule has 0 heterocycles. The molecule has 2 aromatic rings. The summed E-state index contributed by atoms with van der Waals surface area (Å²) in [7, 11) is 1.96. The first-order valence-corrected chi connectivity index (χ1v) is 8.37. The first-order chi connectivity index (χ1) is 12.0. The van der Waals surface area contributed by atoms with Crippen molar-refractivity contribution >= 4 is 17.3 Å². The molecule has 1 amide bonds. The molecule has 0 bridgehead atoms. The predicted molar refractivity (Wildman–Crippen MR) is 96.5 cm³/mol. The van der Waals surface area contributed by atoms with Crippen molar-refractivity contribution < 1.29 is 9.72 Å². The van der Waals surface area contributed by atoms with Crippen LogP contribution in [0, 0.1) is 10.1 Å². The van der Waals surface area contributed by atoms with E-state index in [0.717, 1.165) is 19.3 Å². The van der Waals surface area contributed by atoms with Gasteiger partial charge in [-0.1, -0.05) is 24.3 Å². The number of benzene rings is 2. The summed E-state index contributed by atoms with van der Waals surface area (Å²) < 4.78 is 0. The van der Waals surface area contributed by atoms with Crippen molar-refractivity contribution in [2.45, 2.75) is 25.3 Å². The highest BCUT2D eigenvalue weighted by Crippen LogP contribution is 2.33. The Bertz CT molecular complexity index is 774. The minimum absolute atomic E-state index is 0.00827. The highest BCUT2D eigenvalue weighted by molar-refractivity contribution is 5.92. The van der Waals surface area contributed by atoms with Crippen LogP contribution < -0.4 is 5.32 Å². The van der Waals surface area contributed by atoms with Gasteiger partial charge in [-0.25, -0.2) is 0 Å². The molecule has 6 nitrogen and oxygen atoms in total. The smallest absolute Gasteiger partial charge is 0.269 e. The quantitative estimate of drug-likeness (QED) is 0.668. The van der Waals surface area contributed by atoms with E-state index in [0.29, 0.717) is 5.69 Å². The van der Waals surface area contributed by atoms with Crippen LogP contribution in [0.5, 0.6) is 0 Å². The Labute approximate surface area is 146 Å². The molecule has 1 N–H and O–H groups in total. The molecule has 25 heavy (non-hydrogen) atoms. The summed E-state index contributed by atoms with van der Waals surface area (Å²) in [4.78, 5) is 24.6. The zero-order valence-electron chi connectivity index (χ0n) is 14.1. The van der Waals surface area contributed by atoms with E-state index in [4.69, 9.17) is 0 Å². The van der Waals surface area contributed by atoms with Crippen LogP contribution >= 0.6 is 0 Å². The van der Waals surface area contributed by atoms with E-state index >= 15 is 0 Å². The maximum Gasteiger partial charge on any atom is 0.269 e. The number of carbonyl (C=O) groups excluding carboxylic acids is 1. The number of nitrogens with zero attached hydrogens (tertiary/aromatic N) is 2. The lowest BCUT2D eigenvalue weighted by Gasteiger charge is -2.32. The molecule has 0 radical (unpaired) electrons. The molecule has 0 aliphatic heterocycles. The topological polar surface area (TPSA) is 75.5 Å². The third-order valence-corrected chi connectivity index (χ3v) is 4.62. The highest BCUT2D eigenvalue weighted by Gasteiger charge is 2.24. The van der Waals surface area contributed by atoms with Crippen molar-refractivity contribution in [1.82, 2.24) is 4.90 Å². The van der Waals surface area contributed by atoms with Crippen LogP contribution in [-0.2, 0) is 11.2 Å². The van der Waals surface area contributed by atoms with Crippen molar-refractivity contribution in [2.24, 2.45) is 0 Å². The zero-order chi connectivity index (χ0) is 17.8. The van der Waals surface area contributed by atoms with Crippen molar-refractivity contribution in [3.05, 3.63) is 69.8 Å². The van der Waals surface area contributed by atoms with Crippen LogP contribution in [0.25, 0.3) is 0 Å². The lowest BCUT2D eigenvalue weighted by atomic mass is 9.87. The number of aryl methyl sites for hydroxylation is 1. The number of nitro benzene ring substituents is 1. The van der Waals surface area contributed by atoms with Crippen LogP contribution in [0.4, 0.5) is 11.4 Å². The molecular weight excluding hydrogens is 318 g/mol. The van der Waals surface area contributed by atoms with Crippen LogP contribution in [0.1, 0.15) is 30.0 Å². The third kappa shape index (κ3) is 4.03. The van der Waals surface area contributed by atoms with Gasteiger partial charge in [0, 0.05) is 23.9 Å². The number of fused-ring (bicyclic) bond motifs is 1. The van der Waals surface area contributed by atoms with Gasteiger partial charge in [-0.05, 0) is 49.6 Å². The molecule has 130 valence electrons. The van der Waals surface area contributed by atoms with E-state index in [1.54, 1.807) is 12.1 Å². The molecule has 2 aromatic carbocycles. The predicted octanol–water partition coefficient (Wildman–Crippen LogP) is 3.54. The zero-order valence-corrected chi connectivity index (χ0v) is 14.1. The fraction of sp³-hybridized carbons (Fsp3) is 0.316. The molecule has 1 atom stereocenters. The summed E-state index contributed by atoms with van der Waals surface area (Å²) in [5.41, 5.74) is 3.24. The fourth-order valence-corrected chi connectivity index (χ4v) is 3.39. The summed E-state index contributed by atoms with van der Waals surface area (Å²) in [6.07, 6.45) is 3.25. The molecular formula is C19H21N3O3. The molecule has 0 aromatic heterocycles. The van der Waals surface area contributed by atoms with Crippen molar-refractivity contribution in [1.29, 1.82) is 0 Å². The number of hydrogen-bond donors (Lipinski definition) is 1. The average molecular weight is 339 g/mol. The Kier molecular flexibility index (Phi) is 5.09. The fourth-order valence-electron chi connectivity index (χ4n) is 3.39. The molecule has 0 saturated carbocycles. The Balaban J connectivity index is 1.62. The second-order valence-electron chi connectivity index (χ2n) is 6.37. The van der Waals surface area contributed by atoms with Gasteiger partial charge in [-0.2, -0.15) is 0 Å². The van der Waals surface area contributed by atoms with Gasteiger partial charge in [0.2, 0.25) is 5.91 Å². The summed E-state index contributed by atoms with van der Waals surface area (Å²) >= 11 is 0. The van der Waals surface area contributed by atoms with Crippen molar-refractivity contribution in [3.63, 3.8) is 0 Å². The first-order valence-electron chi connectivity index (χ1n) is 8.37. The van der Waals surface area contributed by atoms with E-state index in [2.05, 4.69) is 28.4 Å². The van der Waals surface area contributed by atoms with E-state index in [1.165, 1.54) is 23.3 Å². The molecule has 0 fully saturated rings. The second kappa shape index (κ2) is 7.44. The third-order valence-electron chi connectivity index (χ3n) is 4.62. The SMILES string of the molecule is CN(CC(=O)Nc1ccc([N+](=O)[O-])cc1)[C@@H]1CCCc2ccccc21. The number of amides is 1. The Morgan fingerprint density at radius 3 is 2.68 bits per heavy atom. The lowest BCUT2D eigenvalue weighted by Crippen LogP contribution is -2.34. The van der Waals surface area contributed by atoms with Gasteiger partial charge in [0.15, 0.2) is 0 Å². The van der Waals surface area contributed by atoms with E-state index in [9.17, 15) is 14.9 Å². The van der Waals surface area contributed by atoms with Crippen LogP contribution in [0.2, 0.25) is 0 Å². The minimum Gasteiger partial charge on any atom is -0.325 e. The van der Waals surface area contributed by atoms with Gasteiger partial charge >= 0.3 is 0 Å². The maximum atomic E-state index is 12.3. The molecule has 1 aliphatic rings. The largest absolute Gasteiger partial charge is 0.325 e. The van der Waals surface area contributed by atoms with Crippen LogP contribution in [0.3, 0.4) is 0 Å². The summed E-state index contributed by atoms with van der Waals surface area (Å²) in [6, 6.07) is 14.5. The standard InChI is InChI=1S/C19H21N3O3/c1-21(18-8-4-6-14-5-2-3-7-17(14)18)13-19(23)20-15-9-11-16(12-10-15)22(24)25/h2-3,5,7,9-12,18H,4,6,8,13H2,1H3,(H,20,23)/t18-/m1/s1. The average Bonchev–Trinajstić information content (AvgIpc) is 2.61. The van der Waals surface area contributed by atoms with Gasteiger partial charge in [-0.15, -0.1) is 0 Å². The van der Waals surface area contributed by atoms with Gasteiger partial charge in [0.1, 0.15) is 0 Å². The number of likely N-dealkylation sites (N-methyl/N-ethyl adjacent to an activating group) is 1. The Hall–Kier alpha value is -2.73. The van der Waals surface area contributed by atoms with E-state index in [1.807, 2.05) is 13.1 Å². The van der Waals surface area contributed by atoms with Gasteiger partial charge in [0.05, 0.1) is 11.5 Å². The number of carbonyl (C=O) groups is 1. The van der Waals surface area contributed by atoms with Gasteiger partial charge in [-0.3, -0.25) is 19.8 Å². The van der Waals surface area contributed by atoms with Gasteiger partial charge in [0.25, 0.3) is 5.69 Å². The number of nitro groups is 1. The lowest BCUT2D eigenvalue weighted by molar-refractivity contribution is -0.384. The highest BCUT2D eigenvalue weighted by atomic mass is 16.6. The number of hydrogen-bond acceptors (Lipinski definition) is 4.